The summed E-state index contributed by atoms with van der Waals surface area (Å²) >= 11 is 0. The molecule has 0 saturated carbocycles. The lowest BCUT2D eigenvalue weighted by molar-refractivity contribution is -0.0143. The van der Waals surface area contributed by atoms with Crippen LogP contribution in [-0.2, 0) is 0 Å². The number of hydrogen-bond acceptors (Lipinski definition) is 3. The first-order valence-corrected chi connectivity index (χ1v) is 8.26. The molecule has 19 heavy (non-hydrogen) atoms. The Morgan fingerprint density at radius 2 is 2.00 bits per heavy atom. The molecule has 0 aromatic heterocycles. The zero-order chi connectivity index (χ0) is 13.8. The SMILES string of the molecule is CCC1CN2CCCCC2CN1C(C)CCN(C)C. The second kappa shape index (κ2) is 7.05. The highest BCUT2D eigenvalue weighted by Crippen LogP contribution is 2.27. The Labute approximate surface area is 119 Å². The fourth-order valence-corrected chi connectivity index (χ4v) is 3.79. The molecule has 3 heteroatoms. The lowest BCUT2D eigenvalue weighted by Crippen LogP contribution is -2.61. The molecule has 2 heterocycles. The summed E-state index contributed by atoms with van der Waals surface area (Å²) < 4.78 is 0. The van der Waals surface area contributed by atoms with E-state index in [-0.39, 0.29) is 0 Å². The van der Waals surface area contributed by atoms with Gasteiger partial charge in [-0.3, -0.25) is 9.80 Å². The molecular formula is C16H33N3. The average Bonchev–Trinajstić information content (AvgIpc) is 2.43. The number of fused-ring (bicyclic) bond motifs is 1. The zero-order valence-corrected chi connectivity index (χ0v) is 13.4. The van der Waals surface area contributed by atoms with Gasteiger partial charge >= 0.3 is 0 Å². The van der Waals surface area contributed by atoms with Gasteiger partial charge < -0.3 is 4.90 Å². The standard InChI is InChI=1S/C16H33N3/c1-5-15-12-18-10-7-6-8-16(18)13-19(15)14(2)9-11-17(3)4/h14-16H,5-13H2,1-4H3. The summed E-state index contributed by atoms with van der Waals surface area (Å²) in [5, 5.41) is 0. The second-order valence-electron chi connectivity index (χ2n) is 6.84. The van der Waals surface area contributed by atoms with Crippen molar-refractivity contribution >= 4 is 0 Å². The third-order valence-corrected chi connectivity index (χ3v) is 5.12. The zero-order valence-electron chi connectivity index (χ0n) is 13.4. The van der Waals surface area contributed by atoms with Gasteiger partial charge in [0, 0.05) is 31.2 Å². The van der Waals surface area contributed by atoms with Gasteiger partial charge in [0.25, 0.3) is 0 Å². The van der Waals surface area contributed by atoms with E-state index in [0.717, 1.165) is 18.1 Å². The Morgan fingerprint density at radius 1 is 1.21 bits per heavy atom. The van der Waals surface area contributed by atoms with Gasteiger partial charge in [0.2, 0.25) is 0 Å². The molecule has 2 aliphatic heterocycles. The fourth-order valence-electron chi connectivity index (χ4n) is 3.79. The topological polar surface area (TPSA) is 9.72 Å². The van der Waals surface area contributed by atoms with Crippen LogP contribution in [-0.4, -0.2) is 73.1 Å². The van der Waals surface area contributed by atoms with Gasteiger partial charge in [0.1, 0.15) is 0 Å². The molecule has 112 valence electrons. The van der Waals surface area contributed by atoms with E-state index in [2.05, 4.69) is 42.6 Å². The van der Waals surface area contributed by atoms with Crippen molar-refractivity contribution in [3.05, 3.63) is 0 Å². The highest BCUT2D eigenvalue weighted by molar-refractivity contribution is 4.92. The van der Waals surface area contributed by atoms with E-state index in [4.69, 9.17) is 0 Å². The average molecular weight is 267 g/mol. The molecule has 3 unspecified atom stereocenters. The lowest BCUT2D eigenvalue weighted by atomic mass is 9.94. The second-order valence-corrected chi connectivity index (χ2v) is 6.84. The summed E-state index contributed by atoms with van der Waals surface area (Å²) in [4.78, 5) is 7.90. The van der Waals surface area contributed by atoms with Gasteiger partial charge in [-0.1, -0.05) is 13.3 Å². The Hall–Kier alpha value is -0.120. The van der Waals surface area contributed by atoms with Crippen LogP contribution < -0.4 is 0 Å². The van der Waals surface area contributed by atoms with Crippen LogP contribution in [0.5, 0.6) is 0 Å². The van der Waals surface area contributed by atoms with Crippen molar-refractivity contribution in [2.75, 3.05) is 40.3 Å². The highest BCUT2D eigenvalue weighted by Gasteiger charge is 2.35. The van der Waals surface area contributed by atoms with Gasteiger partial charge in [0.15, 0.2) is 0 Å². The monoisotopic (exact) mass is 267 g/mol. The molecule has 3 nitrogen and oxygen atoms in total. The minimum absolute atomic E-state index is 0.733. The molecular weight excluding hydrogens is 234 g/mol. The quantitative estimate of drug-likeness (QED) is 0.756. The van der Waals surface area contributed by atoms with E-state index in [9.17, 15) is 0 Å². The summed E-state index contributed by atoms with van der Waals surface area (Å²) in [5.74, 6) is 0. The maximum Gasteiger partial charge on any atom is 0.0224 e. The third-order valence-electron chi connectivity index (χ3n) is 5.12. The molecule has 2 rings (SSSR count). The van der Waals surface area contributed by atoms with E-state index in [0.29, 0.717) is 0 Å². The maximum absolute atomic E-state index is 2.82. The van der Waals surface area contributed by atoms with Gasteiger partial charge in [-0.2, -0.15) is 0 Å². The predicted octanol–water partition coefficient (Wildman–Crippen LogP) is 2.28. The third kappa shape index (κ3) is 3.93. The Bertz CT molecular complexity index is 267. The minimum atomic E-state index is 0.733. The summed E-state index contributed by atoms with van der Waals surface area (Å²) in [6.45, 7) is 9.98. The van der Waals surface area contributed by atoms with Crippen LogP contribution in [0.2, 0.25) is 0 Å². The van der Waals surface area contributed by atoms with Crippen LogP contribution in [0.15, 0.2) is 0 Å². The molecule has 0 amide bonds. The Morgan fingerprint density at radius 3 is 2.68 bits per heavy atom. The van der Waals surface area contributed by atoms with E-state index >= 15 is 0 Å². The Kier molecular flexibility index (Phi) is 5.67. The molecule has 3 atom stereocenters. The van der Waals surface area contributed by atoms with Crippen molar-refractivity contribution < 1.29 is 0 Å². The molecule has 0 radical (unpaired) electrons. The Balaban J connectivity index is 1.93. The molecule has 0 spiro atoms. The largest absolute Gasteiger partial charge is 0.309 e. The van der Waals surface area contributed by atoms with E-state index in [1.54, 1.807) is 0 Å². The minimum Gasteiger partial charge on any atom is -0.309 e. The van der Waals surface area contributed by atoms with Crippen molar-refractivity contribution in [1.82, 2.24) is 14.7 Å². The summed E-state index contributed by atoms with van der Waals surface area (Å²) in [5.41, 5.74) is 0. The van der Waals surface area contributed by atoms with Gasteiger partial charge in [0.05, 0.1) is 0 Å². The van der Waals surface area contributed by atoms with E-state index in [1.807, 2.05) is 0 Å². The predicted molar refractivity (Wildman–Crippen MR) is 82.6 cm³/mol. The molecule has 2 aliphatic rings. The van der Waals surface area contributed by atoms with Crippen molar-refractivity contribution in [2.24, 2.45) is 0 Å². The highest BCUT2D eigenvalue weighted by atomic mass is 15.3. The molecule has 0 aromatic carbocycles. The van der Waals surface area contributed by atoms with E-state index in [1.165, 1.54) is 58.3 Å². The fraction of sp³-hybridized carbons (Fsp3) is 1.00. The molecule has 0 bridgehead atoms. The van der Waals surface area contributed by atoms with E-state index < -0.39 is 0 Å². The van der Waals surface area contributed by atoms with Crippen LogP contribution in [0.3, 0.4) is 0 Å². The van der Waals surface area contributed by atoms with Gasteiger partial charge in [-0.25, -0.2) is 0 Å². The normalized spacial score (nSPS) is 31.4. The smallest absolute Gasteiger partial charge is 0.0224 e. The number of hydrogen-bond donors (Lipinski definition) is 0. The molecule has 0 N–H and O–H groups in total. The molecule has 2 saturated heterocycles. The number of piperazine rings is 1. The lowest BCUT2D eigenvalue weighted by Gasteiger charge is -2.50. The molecule has 0 aromatic rings. The van der Waals surface area contributed by atoms with Crippen LogP contribution in [0, 0.1) is 0 Å². The summed E-state index contributed by atoms with van der Waals surface area (Å²) in [7, 11) is 4.37. The first-order chi connectivity index (χ1) is 9.11. The number of piperidine rings is 1. The van der Waals surface area contributed by atoms with Crippen LogP contribution >= 0.6 is 0 Å². The van der Waals surface area contributed by atoms with Crippen LogP contribution in [0.4, 0.5) is 0 Å². The van der Waals surface area contributed by atoms with Crippen molar-refractivity contribution in [1.29, 1.82) is 0 Å². The van der Waals surface area contributed by atoms with Crippen molar-refractivity contribution in [3.63, 3.8) is 0 Å². The van der Waals surface area contributed by atoms with Gasteiger partial charge in [-0.05, 0) is 59.8 Å². The van der Waals surface area contributed by atoms with Crippen molar-refractivity contribution in [2.45, 2.75) is 64.1 Å². The van der Waals surface area contributed by atoms with Crippen LogP contribution in [0.25, 0.3) is 0 Å². The number of nitrogens with zero attached hydrogens (tertiary/aromatic N) is 3. The summed E-state index contributed by atoms with van der Waals surface area (Å²) in [6, 6.07) is 2.36. The molecule has 0 aliphatic carbocycles. The maximum atomic E-state index is 2.82. The number of rotatable bonds is 5. The first kappa shape index (κ1) is 15.3. The van der Waals surface area contributed by atoms with Crippen LogP contribution in [0.1, 0.15) is 46.0 Å². The first-order valence-electron chi connectivity index (χ1n) is 8.26. The van der Waals surface area contributed by atoms with Gasteiger partial charge in [-0.15, -0.1) is 0 Å². The molecule has 2 fully saturated rings. The summed E-state index contributed by atoms with van der Waals surface area (Å²) in [6.07, 6.45) is 6.89. The van der Waals surface area contributed by atoms with Crippen molar-refractivity contribution in [3.8, 4) is 0 Å².